The minimum Gasteiger partial charge on any atom is -0.326 e. The summed E-state index contributed by atoms with van der Waals surface area (Å²) in [5.41, 5.74) is 0. The first kappa shape index (κ1) is 7.99. The molecule has 0 aromatic rings. The van der Waals surface area contributed by atoms with Gasteiger partial charge in [-0.1, -0.05) is 18.2 Å². The predicted octanol–water partition coefficient (Wildman–Crippen LogP) is 1.45. The largest absolute Gasteiger partial charge is 0.326 e. The van der Waals surface area contributed by atoms with E-state index < -0.39 is 0 Å². The van der Waals surface area contributed by atoms with Crippen molar-refractivity contribution in [2.24, 2.45) is 0 Å². The zero-order valence-electron chi connectivity index (χ0n) is 5.74. The molecule has 0 heterocycles. The molecule has 0 atom stereocenters. The number of hydrogen-bond acceptors (Lipinski definition) is 0. The summed E-state index contributed by atoms with van der Waals surface area (Å²) in [7, 11) is 6.23. The normalized spacial score (nSPS) is 11.5. The van der Waals surface area contributed by atoms with Gasteiger partial charge in [0.2, 0.25) is 0 Å². The SMILES string of the molecule is C=C(Cl)C[N+](C)(C)C. The van der Waals surface area contributed by atoms with Crippen molar-refractivity contribution in [3.05, 3.63) is 11.6 Å². The van der Waals surface area contributed by atoms with E-state index in [1.54, 1.807) is 0 Å². The van der Waals surface area contributed by atoms with Crippen LogP contribution in [0.1, 0.15) is 0 Å². The number of rotatable bonds is 2. The van der Waals surface area contributed by atoms with Crippen molar-refractivity contribution < 1.29 is 4.48 Å². The summed E-state index contributed by atoms with van der Waals surface area (Å²) in [6.45, 7) is 4.43. The van der Waals surface area contributed by atoms with Crippen LogP contribution in [0.4, 0.5) is 0 Å². The van der Waals surface area contributed by atoms with E-state index >= 15 is 0 Å². The van der Waals surface area contributed by atoms with E-state index in [9.17, 15) is 0 Å². The number of nitrogens with zero attached hydrogens (tertiary/aromatic N) is 1. The lowest BCUT2D eigenvalue weighted by molar-refractivity contribution is -0.864. The van der Waals surface area contributed by atoms with E-state index in [0.29, 0.717) is 0 Å². The summed E-state index contributed by atoms with van der Waals surface area (Å²) in [6, 6.07) is 0. The first-order valence-corrected chi connectivity index (χ1v) is 2.93. The molecule has 0 N–H and O–H groups in total. The number of likely N-dealkylation sites (N-methyl/N-ethyl adjacent to an activating group) is 1. The molecule has 0 aliphatic carbocycles. The molecule has 0 aliphatic rings. The summed E-state index contributed by atoms with van der Waals surface area (Å²) in [4.78, 5) is 0. The monoisotopic (exact) mass is 134 g/mol. The van der Waals surface area contributed by atoms with Crippen molar-refractivity contribution in [3.63, 3.8) is 0 Å². The Bertz CT molecular complexity index is 91.2. The maximum absolute atomic E-state index is 5.55. The molecule has 0 aliphatic heterocycles. The number of hydrogen-bond donors (Lipinski definition) is 0. The molecule has 0 aromatic carbocycles. The van der Waals surface area contributed by atoms with Gasteiger partial charge in [0, 0.05) is 0 Å². The Kier molecular flexibility index (Phi) is 2.51. The van der Waals surface area contributed by atoms with Crippen molar-refractivity contribution >= 4 is 11.6 Å². The highest BCUT2D eigenvalue weighted by atomic mass is 35.5. The lowest BCUT2D eigenvalue weighted by atomic mass is 10.5. The van der Waals surface area contributed by atoms with Gasteiger partial charge in [0.25, 0.3) is 0 Å². The maximum Gasteiger partial charge on any atom is 0.114 e. The molecule has 0 amide bonds. The van der Waals surface area contributed by atoms with E-state index in [1.807, 2.05) is 0 Å². The Morgan fingerprint density at radius 2 is 1.88 bits per heavy atom. The fourth-order valence-corrected chi connectivity index (χ4v) is 0.873. The summed E-state index contributed by atoms with van der Waals surface area (Å²) < 4.78 is 0.850. The van der Waals surface area contributed by atoms with Crippen LogP contribution in [0.2, 0.25) is 0 Å². The van der Waals surface area contributed by atoms with Gasteiger partial charge in [0.05, 0.1) is 26.2 Å². The summed E-state index contributed by atoms with van der Waals surface area (Å²) in [6.07, 6.45) is 0. The van der Waals surface area contributed by atoms with Gasteiger partial charge in [-0.2, -0.15) is 0 Å². The molecule has 0 unspecified atom stereocenters. The molecule has 0 rings (SSSR count). The molecular weight excluding hydrogens is 122 g/mol. The van der Waals surface area contributed by atoms with Crippen LogP contribution in [-0.4, -0.2) is 32.2 Å². The molecule has 0 fully saturated rings. The van der Waals surface area contributed by atoms with E-state index in [0.717, 1.165) is 16.1 Å². The maximum atomic E-state index is 5.55. The van der Waals surface area contributed by atoms with Gasteiger partial charge in [-0.05, 0) is 0 Å². The lowest BCUT2D eigenvalue weighted by Gasteiger charge is -2.22. The average molecular weight is 135 g/mol. The van der Waals surface area contributed by atoms with Crippen molar-refractivity contribution in [1.29, 1.82) is 0 Å². The van der Waals surface area contributed by atoms with Crippen LogP contribution in [-0.2, 0) is 0 Å². The minimum absolute atomic E-state index is 0.720. The molecule has 0 spiro atoms. The Hall–Kier alpha value is -0.0100. The van der Waals surface area contributed by atoms with E-state index in [1.165, 1.54) is 0 Å². The van der Waals surface area contributed by atoms with Crippen LogP contribution in [0.15, 0.2) is 11.6 Å². The van der Waals surface area contributed by atoms with Crippen LogP contribution >= 0.6 is 11.6 Å². The molecular formula is C6H13ClN+. The molecule has 0 saturated carbocycles. The quantitative estimate of drug-likeness (QED) is 0.502. The van der Waals surface area contributed by atoms with Crippen molar-refractivity contribution in [2.45, 2.75) is 0 Å². The Morgan fingerprint density at radius 1 is 1.50 bits per heavy atom. The first-order chi connectivity index (χ1) is 3.42. The van der Waals surface area contributed by atoms with Crippen LogP contribution in [0.25, 0.3) is 0 Å². The zero-order valence-corrected chi connectivity index (χ0v) is 6.50. The van der Waals surface area contributed by atoms with Gasteiger partial charge in [-0.15, -0.1) is 0 Å². The Labute approximate surface area is 56.1 Å². The van der Waals surface area contributed by atoms with Crippen LogP contribution < -0.4 is 0 Å². The fraction of sp³-hybridized carbons (Fsp3) is 0.667. The van der Waals surface area contributed by atoms with Gasteiger partial charge in [-0.3, -0.25) is 0 Å². The highest BCUT2D eigenvalue weighted by molar-refractivity contribution is 6.29. The Morgan fingerprint density at radius 3 is 1.88 bits per heavy atom. The van der Waals surface area contributed by atoms with E-state index in [-0.39, 0.29) is 0 Å². The van der Waals surface area contributed by atoms with Crippen molar-refractivity contribution in [1.82, 2.24) is 0 Å². The summed E-state index contributed by atoms with van der Waals surface area (Å²) >= 11 is 5.55. The molecule has 0 saturated heterocycles. The molecule has 0 radical (unpaired) electrons. The number of halogens is 1. The smallest absolute Gasteiger partial charge is 0.114 e. The van der Waals surface area contributed by atoms with Crippen LogP contribution in [0.5, 0.6) is 0 Å². The van der Waals surface area contributed by atoms with Gasteiger partial charge in [-0.25, -0.2) is 0 Å². The molecule has 2 heteroatoms. The van der Waals surface area contributed by atoms with Crippen molar-refractivity contribution in [2.75, 3.05) is 27.7 Å². The van der Waals surface area contributed by atoms with Gasteiger partial charge in [0.15, 0.2) is 0 Å². The topological polar surface area (TPSA) is 0 Å². The standard InChI is InChI=1S/C6H13ClN/c1-6(7)5-8(2,3)4/h1,5H2,2-4H3/q+1. The molecule has 1 nitrogen and oxygen atoms in total. The molecule has 8 heavy (non-hydrogen) atoms. The third kappa shape index (κ3) is 5.99. The highest BCUT2D eigenvalue weighted by Crippen LogP contribution is 2.01. The zero-order chi connectivity index (χ0) is 6.78. The number of quaternary nitrogens is 1. The second kappa shape index (κ2) is 2.51. The Balaban J connectivity index is 3.55. The summed E-state index contributed by atoms with van der Waals surface area (Å²) in [5.74, 6) is 0. The second-order valence-electron chi connectivity index (χ2n) is 2.97. The third-order valence-electron chi connectivity index (χ3n) is 0.646. The van der Waals surface area contributed by atoms with Crippen LogP contribution in [0.3, 0.4) is 0 Å². The first-order valence-electron chi connectivity index (χ1n) is 2.55. The van der Waals surface area contributed by atoms with Gasteiger partial charge >= 0.3 is 0 Å². The minimum atomic E-state index is 0.720. The highest BCUT2D eigenvalue weighted by Gasteiger charge is 2.05. The second-order valence-corrected chi connectivity index (χ2v) is 3.50. The van der Waals surface area contributed by atoms with E-state index in [2.05, 4.69) is 27.7 Å². The third-order valence-corrected chi connectivity index (χ3v) is 0.765. The summed E-state index contributed by atoms with van der Waals surface area (Å²) in [5, 5.41) is 0.720. The van der Waals surface area contributed by atoms with Crippen LogP contribution in [0, 0.1) is 0 Å². The predicted molar refractivity (Wildman–Crippen MR) is 37.9 cm³/mol. The lowest BCUT2D eigenvalue weighted by Crippen LogP contribution is -2.35. The molecule has 0 bridgehead atoms. The van der Waals surface area contributed by atoms with E-state index in [4.69, 9.17) is 11.6 Å². The van der Waals surface area contributed by atoms with Crippen molar-refractivity contribution in [3.8, 4) is 0 Å². The fourth-order valence-electron chi connectivity index (χ4n) is 0.515. The molecule has 0 aromatic heterocycles. The van der Waals surface area contributed by atoms with Gasteiger partial charge < -0.3 is 4.48 Å². The molecule has 48 valence electrons. The average Bonchev–Trinajstić information content (AvgIpc) is 1.21. The van der Waals surface area contributed by atoms with Gasteiger partial charge in [0.1, 0.15) is 6.54 Å².